The predicted molar refractivity (Wildman–Crippen MR) is 98.8 cm³/mol. The highest BCUT2D eigenvalue weighted by atomic mass is 35.5. The molecule has 0 N–H and O–H groups in total. The largest absolute Gasteiger partial charge is 0.465 e. The predicted octanol–water partition coefficient (Wildman–Crippen LogP) is 2.65. The van der Waals surface area contributed by atoms with Crippen LogP contribution in [0.1, 0.15) is 13.8 Å². The van der Waals surface area contributed by atoms with E-state index in [4.69, 9.17) is 21.1 Å². The summed E-state index contributed by atoms with van der Waals surface area (Å²) < 4.78 is 9.76. The zero-order valence-electron chi connectivity index (χ0n) is 15.1. The highest BCUT2D eigenvalue weighted by molar-refractivity contribution is 6.20. The Labute approximate surface area is 161 Å². The van der Waals surface area contributed by atoms with Crippen LogP contribution in [0.3, 0.4) is 0 Å². The van der Waals surface area contributed by atoms with Crippen molar-refractivity contribution in [2.24, 2.45) is 0 Å². The number of esters is 2. The number of halogens is 1. The first-order valence-electron chi connectivity index (χ1n) is 8.12. The summed E-state index contributed by atoms with van der Waals surface area (Å²) in [4.78, 5) is 37.6. The number of ether oxygens (including phenoxy) is 2. The lowest BCUT2D eigenvalue weighted by Crippen LogP contribution is -2.43. The van der Waals surface area contributed by atoms with Gasteiger partial charge in [-0.25, -0.2) is 9.59 Å². The molecule has 0 saturated carbocycles. The number of nitrogens with zero attached hydrogens (tertiary/aromatic N) is 2. The van der Waals surface area contributed by atoms with E-state index in [-0.39, 0.29) is 35.0 Å². The van der Waals surface area contributed by atoms with E-state index in [1.54, 1.807) is 49.1 Å². The van der Waals surface area contributed by atoms with Crippen LogP contribution in [0.5, 0.6) is 0 Å². The second kappa shape index (κ2) is 8.68. The zero-order chi connectivity index (χ0) is 20.1. The Morgan fingerprint density at radius 3 is 2.33 bits per heavy atom. The molecule has 144 valence electrons. The maximum absolute atomic E-state index is 12.6. The van der Waals surface area contributed by atoms with Crippen LogP contribution in [-0.4, -0.2) is 42.5 Å². The molecule has 2 rings (SSSR count). The lowest BCUT2D eigenvalue weighted by atomic mass is 9.90. The molecule has 0 fully saturated rings. The fraction of sp³-hybridized carbons (Fsp3) is 0.333. The summed E-state index contributed by atoms with van der Waals surface area (Å²) in [5, 5.41) is 11.8. The molecule has 0 aliphatic carbocycles. The van der Waals surface area contributed by atoms with Gasteiger partial charge >= 0.3 is 11.9 Å². The van der Waals surface area contributed by atoms with Gasteiger partial charge in [-0.3, -0.25) is 10.1 Å². The molecule has 0 radical (unpaired) electrons. The summed E-state index contributed by atoms with van der Waals surface area (Å²) in [6, 6.07) is 7.06. The van der Waals surface area contributed by atoms with Gasteiger partial charge in [0.15, 0.2) is 0 Å². The van der Waals surface area contributed by atoms with Crippen molar-refractivity contribution in [3.05, 3.63) is 63.0 Å². The molecule has 1 heterocycles. The normalized spacial score (nSPS) is 17.0. The molecule has 1 unspecified atom stereocenters. The standard InChI is InChI=1S/C18H19ClN2O6/c1-4-27-18(23)15-13(10-19)20(12-8-6-5-7-9-12)11(2)14(17(22)26-3)16(15)21(24)25/h5-9,16H,4,10H2,1-3H3. The molecule has 8 nitrogen and oxygen atoms in total. The number of carbonyl (C=O) groups is 2. The number of alkyl halides is 1. The van der Waals surface area contributed by atoms with Crippen molar-refractivity contribution in [1.82, 2.24) is 0 Å². The molecular weight excluding hydrogens is 376 g/mol. The van der Waals surface area contributed by atoms with Crippen LogP contribution in [0, 0.1) is 10.1 Å². The lowest BCUT2D eigenvalue weighted by Gasteiger charge is -2.35. The topological polar surface area (TPSA) is 99.0 Å². The number of allylic oxidation sites excluding steroid dienone is 2. The van der Waals surface area contributed by atoms with Gasteiger partial charge < -0.3 is 14.4 Å². The molecule has 27 heavy (non-hydrogen) atoms. The van der Waals surface area contributed by atoms with Gasteiger partial charge in [-0.15, -0.1) is 11.6 Å². The Morgan fingerprint density at radius 2 is 1.85 bits per heavy atom. The van der Waals surface area contributed by atoms with Crippen LogP contribution in [0.25, 0.3) is 0 Å². The van der Waals surface area contributed by atoms with Crippen molar-refractivity contribution < 1.29 is 24.0 Å². The smallest absolute Gasteiger partial charge is 0.343 e. The molecule has 0 saturated heterocycles. The maximum atomic E-state index is 12.6. The van der Waals surface area contributed by atoms with E-state index in [0.717, 1.165) is 7.11 Å². The Balaban J connectivity index is 2.83. The van der Waals surface area contributed by atoms with Crippen LogP contribution in [0.4, 0.5) is 5.69 Å². The molecule has 0 amide bonds. The van der Waals surface area contributed by atoms with Crippen LogP contribution >= 0.6 is 11.6 Å². The summed E-state index contributed by atoms with van der Waals surface area (Å²) in [5.74, 6) is -1.99. The van der Waals surface area contributed by atoms with Crippen molar-refractivity contribution in [2.45, 2.75) is 19.9 Å². The number of anilines is 1. The van der Waals surface area contributed by atoms with E-state index in [1.165, 1.54) is 0 Å². The van der Waals surface area contributed by atoms with Crippen molar-refractivity contribution in [3.8, 4) is 0 Å². The van der Waals surface area contributed by atoms with E-state index < -0.39 is 22.9 Å². The van der Waals surface area contributed by atoms with E-state index in [0.29, 0.717) is 5.69 Å². The first kappa shape index (κ1) is 20.4. The number of hydrogen-bond donors (Lipinski definition) is 0. The van der Waals surface area contributed by atoms with Gasteiger partial charge in [0, 0.05) is 16.3 Å². The molecule has 1 atom stereocenters. The Bertz CT molecular complexity index is 818. The Morgan fingerprint density at radius 1 is 1.22 bits per heavy atom. The molecule has 1 aliphatic heterocycles. The third-order valence-corrected chi connectivity index (χ3v) is 4.36. The Kier molecular flexibility index (Phi) is 6.57. The van der Waals surface area contributed by atoms with Gasteiger partial charge in [-0.2, -0.15) is 0 Å². The second-order valence-corrected chi connectivity index (χ2v) is 5.83. The van der Waals surface area contributed by atoms with Crippen LogP contribution in [0.15, 0.2) is 52.9 Å². The number of benzene rings is 1. The minimum absolute atomic E-state index is 0.0178. The van der Waals surface area contributed by atoms with Crippen molar-refractivity contribution in [3.63, 3.8) is 0 Å². The summed E-state index contributed by atoms with van der Waals surface area (Å²) in [6.07, 6.45) is 0. The molecule has 0 bridgehead atoms. The third kappa shape index (κ3) is 3.80. The van der Waals surface area contributed by atoms with Gasteiger partial charge in [0.25, 0.3) is 6.04 Å². The molecular formula is C18H19ClN2O6. The molecule has 0 aromatic heterocycles. The Hall–Kier alpha value is -2.87. The maximum Gasteiger partial charge on any atom is 0.343 e. The lowest BCUT2D eigenvalue weighted by molar-refractivity contribution is -0.501. The van der Waals surface area contributed by atoms with Crippen LogP contribution in [0.2, 0.25) is 0 Å². The third-order valence-electron chi connectivity index (χ3n) is 4.11. The fourth-order valence-electron chi connectivity index (χ4n) is 3.02. The van der Waals surface area contributed by atoms with Gasteiger partial charge in [0.05, 0.1) is 25.3 Å². The molecule has 0 spiro atoms. The van der Waals surface area contributed by atoms with E-state index in [1.807, 2.05) is 0 Å². The summed E-state index contributed by atoms with van der Waals surface area (Å²) in [7, 11) is 1.12. The minimum Gasteiger partial charge on any atom is -0.465 e. The van der Waals surface area contributed by atoms with Crippen molar-refractivity contribution in [2.75, 3.05) is 24.5 Å². The summed E-state index contributed by atoms with van der Waals surface area (Å²) in [5.41, 5.74) is 0.511. The molecule has 9 heteroatoms. The minimum atomic E-state index is -1.73. The number of carbonyl (C=O) groups excluding carboxylic acids is 2. The first-order chi connectivity index (χ1) is 12.9. The van der Waals surface area contributed by atoms with Gasteiger partial charge in [0.1, 0.15) is 11.1 Å². The average molecular weight is 395 g/mol. The quantitative estimate of drug-likeness (QED) is 0.316. The number of nitro groups is 1. The highest BCUT2D eigenvalue weighted by Gasteiger charge is 2.48. The second-order valence-electron chi connectivity index (χ2n) is 5.56. The van der Waals surface area contributed by atoms with E-state index in [9.17, 15) is 19.7 Å². The van der Waals surface area contributed by atoms with Crippen molar-refractivity contribution in [1.29, 1.82) is 0 Å². The average Bonchev–Trinajstić information content (AvgIpc) is 2.66. The van der Waals surface area contributed by atoms with Crippen LogP contribution < -0.4 is 4.90 Å². The molecule has 1 aromatic rings. The van der Waals surface area contributed by atoms with E-state index >= 15 is 0 Å². The molecule has 1 aromatic carbocycles. The van der Waals surface area contributed by atoms with Gasteiger partial charge in [0.2, 0.25) is 0 Å². The first-order valence-corrected chi connectivity index (χ1v) is 8.66. The number of para-hydroxylation sites is 1. The van der Waals surface area contributed by atoms with E-state index in [2.05, 4.69) is 0 Å². The summed E-state index contributed by atoms with van der Waals surface area (Å²) >= 11 is 6.09. The monoisotopic (exact) mass is 394 g/mol. The van der Waals surface area contributed by atoms with Crippen LogP contribution in [-0.2, 0) is 19.1 Å². The summed E-state index contributed by atoms with van der Waals surface area (Å²) in [6.45, 7) is 3.15. The number of methoxy groups -OCH3 is 1. The zero-order valence-corrected chi connectivity index (χ0v) is 15.9. The SMILES string of the molecule is CCOC(=O)C1=C(CCl)N(c2ccccc2)C(C)=C(C(=O)OC)C1[N+](=O)[O-]. The molecule has 1 aliphatic rings. The van der Waals surface area contributed by atoms with Gasteiger partial charge in [-0.05, 0) is 26.0 Å². The number of rotatable bonds is 6. The van der Waals surface area contributed by atoms with Gasteiger partial charge in [-0.1, -0.05) is 18.2 Å². The van der Waals surface area contributed by atoms with Crippen molar-refractivity contribution >= 4 is 29.2 Å². The highest BCUT2D eigenvalue weighted by Crippen LogP contribution is 2.37. The number of hydrogen-bond acceptors (Lipinski definition) is 7. The fourth-order valence-corrected chi connectivity index (χ4v) is 3.28.